The van der Waals surface area contributed by atoms with E-state index in [0.717, 1.165) is 42.1 Å². The van der Waals surface area contributed by atoms with Crippen molar-refractivity contribution < 1.29 is 23.8 Å². The third kappa shape index (κ3) is 5.55. The number of methoxy groups -OCH3 is 3. The van der Waals surface area contributed by atoms with Crippen LogP contribution in [0.4, 0.5) is 4.79 Å². The number of benzene rings is 3. The van der Waals surface area contributed by atoms with Crippen LogP contribution in [0.5, 0.6) is 11.5 Å². The molecule has 0 bridgehead atoms. The average Bonchev–Trinajstić information content (AvgIpc) is 3.18. The van der Waals surface area contributed by atoms with Crippen LogP contribution in [0.3, 0.4) is 0 Å². The minimum Gasteiger partial charge on any atom is -0.497 e. The van der Waals surface area contributed by atoms with Gasteiger partial charge in [-0.05, 0) is 65.4 Å². The first kappa shape index (κ1) is 27.7. The summed E-state index contributed by atoms with van der Waals surface area (Å²) in [5, 5.41) is 0. The van der Waals surface area contributed by atoms with Crippen LogP contribution in [-0.4, -0.2) is 79.7 Å². The van der Waals surface area contributed by atoms with Gasteiger partial charge in [0.2, 0.25) is 0 Å². The first-order chi connectivity index (χ1) is 19.5. The normalized spacial score (nSPS) is 17.1. The number of ether oxygens (including phenoxy) is 3. The van der Waals surface area contributed by atoms with Crippen LogP contribution < -0.4 is 9.47 Å². The van der Waals surface area contributed by atoms with E-state index in [2.05, 4.69) is 35.2 Å². The molecule has 0 N–H and O–H groups in total. The number of rotatable bonds is 10. The molecule has 2 fully saturated rings. The summed E-state index contributed by atoms with van der Waals surface area (Å²) >= 11 is 0. The molecule has 8 nitrogen and oxygen atoms in total. The summed E-state index contributed by atoms with van der Waals surface area (Å²) in [6.07, 6.45) is 1.18. The molecule has 2 saturated heterocycles. The fourth-order valence-electron chi connectivity index (χ4n) is 5.84. The van der Waals surface area contributed by atoms with E-state index in [-0.39, 0.29) is 18.5 Å². The molecule has 210 valence electrons. The molecular formula is C32H37N3O5. The molecule has 5 rings (SSSR count). The van der Waals surface area contributed by atoms with Gasteiger partial charge in [-0.3, -0.25) is 14.6 Å². The Morgan fingerprint density at radius 1 is 0.750 bits per heavy atom. The highest BCUT2D eigenvalue weighted by Crippen LogP contribution is 2.38. The lowest BCUT2D eigenvalue weighted by Gasteiger charge is -2.42. The van der Waals surface area contributed by atoms with Gasteiger partial charge in [-0.2, -0.15) is 0 Å². The highest BCUT2D eigenvalue weighted by Gasteiger charge is 2.57. The number of likely N-dealkylation sites (tertiary alicyclic amines) is 1. The smallest absolute Gasteiger partial charge is 0.328 e. The Kier molecular flexibility index (Phi) is 8.38. The number of piperidine rings is 1. The van der Waals surface area contributed by atoms with Crippen molar-refractivity contribution in [2.24, 2.45) is 0 Å². The SMILES string of the molecule is COCCN1C(=O)N(Cc2cccc(OC)c2)C(=O)C12CCN(Cc1cccc(-c3cccc(OC)c3)c1)CC2. The predicted octanol–water partition coefficient (Wildman–Crippen LogP) is 4.82. The molecule has 3 aromatic carbocycles. The lowest BCUT2D eigenvalue weighted by Crippen LogP contribution is -2.57. The van der Waals surface area contributed by atoms with E-state index in [0.29, 0.717) is 31.7 Å². The monoisotopic (exact) mass is 543 g/mol. The Morgan fingerprint density at radius 2 is 1.35 bits per heavy atom. The minimum atomic E-state index is -0.840. The Labute approximate surface area is 236 Å². The van der Waals surface area contributed by atoms with Crippen LogP contribution in [0.2, 0.25) is 0 Å². The fourth-order valence-corrected chi connectivity index (χ4v) is 5.84. The summed E-state index contributed by atoms with van der Waals surface area (Å²) in [6.45, 7) is 3.22. The maximum Gasteiger partial charge on any atom is 0.328 e. The number of hydrogen-bond acceptors (Lipinski definition) is 6. The number of hydrogen-bond donors (Lipinski definition) is 0. The minimum absolute atomic E-state index is 0.115. The summed E-state index contributed by atoms with van der Waals surface area (Å²) in [7, 11) is 4.90. The van der Waals surface area contributed by atoms with E-state index in [1.54, 1.807) is 26.2 Å². The molecular weight excluding hydrogens is 506 g/mol. The summed E-state index contributed by atoms with van der Waals surface area (Å²) in [6, 6.07) is 23.9. The maximum absolute atomic E-state index is 13.9. The van der Waals surface area contributed by atoms with Gasteiger partial charge >= 0.3 is 6.03 Å². The molecule has 0 aliphatic carbocycles. The topological polar surface area (TPSA) is 71.6 Å². The lowest BCUT2D eigenvalue weighted by atomic mass is 9.85. The second-order valence-corrected chi connectivity index (χ2v) is 10.4. The molecule has 3 amide bonds. The number of carbonyl (C=O) groups is 2. The lowest BCUT2D eigenvalue weighted by molar-refractivity contribution is -0.136. The van der Waals surface area contributed by atoms with Crippen LogP contribution in [-0.2, 0) is 22.6 Å². The van der Waals surface area contributed by atoms with Crippen molar-refractivity contribution in [3.8, 4) is 22.6 Å². The fraction of sp³-hybridized carbons (Fsp3) is 0.375. The molecule has 2 heterocycles. The molecule has 0 atom stereocenters. The molecule has 40 heavy (non-hydrogen) atoms. The highest BCUT2D eigenvalue weighted by atomic mass is 16.5. The van der Waals surface area contributed by atoms with Crippen LogP contribution in [0, 0.1) is 0 Å². The van der Waals surface area contributed by atoms with Crippen LogP contribution >= 0.6 is 0 Å². The quantitative estimate of drug-likeness (QED) is 0.342. The number of amides is 3. The highest BCUT2D eigenvalue weighted by molar-refractivity contribution is 6.07. The summed E-state index contributed by atoms with van der Waals surface area (Å²) in [5.74, 6) is 1.42. The van der Waals surface area contributed by atoms with Crippen LogP contribution in [0.15, 0.2) is 72.8 Å². The maximum atomic E-state index is 13.9. The molecule has 0 radical (unpaired) electrons. The Bertz CT molecular complexity index is 1350. The zero-order chi connectivity index (χ0) is 28.1. The van der Waals surface area contributed by atoms with E-state index in [1.807, 2.05) is 42.5 Å². The number of carbonyl (C=O) groups excluding carboxylic acids is 2. The van der Waals surface area contributed by atoms with Gasteiger partial charge in [0, 0.05) is 33.3 Å². The number of nitrogens with zero attached hydrogens (tertiary/aromatic N) is 3. The van der Waals surface area contributed by atoms with Gasteiger partial charge in [-0.1, -0.05) is 42.5 Å². The molecule has 1 spiro atoms. The third-order valence-electron chi connectivity index (χ3n) is 8.04. The van der Waals surface area contributed by atoms with Crippen molar-refractivity contribution in [1.29, 1.82) is 0 Å². The predicted molar refractivity (Wildman–Crippen MR) is 153 cm³/mol. The Morgan fingerprint density at radius 3 is 2.02 bits per heavy atom. The van der Waals surface area contributed by atoms with Crippen LogP contribution in [0.1, 0.15) is 24.0 Å². The zero-order valence-electron chi connectivity index (χ0n) is 23.5. The number of imide groups is 1. The van der Waals surface area contributed by atoms with E-state index in [9.17, 15) is 9.59 Å². The third-order valence-corrected chi connectivity index (χ3v) is 8.04. The Balaban J connectivity index is 1.30. The molecule has 3 aromatic rings. The molecule has 0 saturated carbocycles. The molecule has 0 aromatic heterocycles. The summed E-state index contributed by atoms with van der Waals surface area (Å²) < 4.78 is 16.0. The van der Waals surface area contributed by atoms with Gasteiger partial charge in [0.15, 0.2) is 0 Å². The molecule has 2 aliphatic heterocycles. The van der Waals surface area contributed by atoms with Gasteiger partial charge in [0.05, 0.1) is 27.4 Å². The van der Waals surface area contributed by atoms with E-state index in [4.69, 9.17) is 14.2 Å². The first-order valence-electron chi connectivity index (χ1n) is 13.7. The largest absolute Gasteiger partial charge is 0.497 e. The number of urea groups is 1. The van der Waals surface area contributed by atoms with Crippen molar-refractivity contribution in [3.63, 3.8) is 0 Å². The molecule has 2 aliphatic rings. The van der Waals surface area contributed by atoms with Gasteiger partial charge in [-0.15, -0.1) is 0 Å². The van der Waals surface area contributed by atoms with Crippen LogP contribution in [0.25, 0.3) is 11.1 Å². The van der Waals surface area contributed by atoms with E-state index >= 15 is 0 Å². The van der Waals surface area contributed by atoms with Gasteiger partial charge < -0.3 is 19.1 Å². The van der Waals surface area contributed by atoms with Gasteiger partial charge in [0.25, 0.3) is 5.91 Å². The molecule has 0 unspecified atom stereocenters. The van der Waals surface area contributed by atoms with Gasteiger partial charge in [0.1, 0.15) is 17.0 Å². The average molecular weight is 544 g/mol. The van der Waals surface area contributed by atoms with E-state index in [1.165, 1.54) is 10.5 Å². The standard InChI is InChI=1S/C32H37N3O5/c1-38-18-17-35-31(37)34(23-25-8-5-11-28(20-25)39-2)30(36)32(35)13-15-33(16-14-32)22-24-7-4-9-26(19-24)27-10-6-12-29(21-27)40-3/h4-12,19-21H,13-18,22-23H2,1-3H3. The first-order valence-corrected chi connectivity index (χ1v) is 13.7. The van der Waals surface area contributed by atoms with E-state index < -0.39 is 5.54 Å². The summed E-state index contributed by atoms with van der Waals surface area (Å²) in [4.78, 5) is 33.0. The summed E-state index contributed by atoms with van der Waals surface area (Å²) in [5.41, 5.74) is 3.48. The molecule has 8 heteroatoms. The second kappa shape index (κ2) is 12.1. The van der Waals surface area contributed by atoms with Crippen molar-refractivity contribution in [3.05, 3.63) is 83.9 Å². The van der Waals surface area contributed by atoms with Crippen molar-refractivity contribution in [2.75, 3.05) is 47.6 Å². The Hall–Kier alpha value is -3.88. The zero-order valence-corrected chi connectivity index (χ0v) is 23.5. The van der Waals surface area contributed by atoms with Crippen molar-refractivity contribution in [2.45, 2.75) is 31.5 Å². The second-order valence-electron chi connectivity index (χ2n) is 10.4. The van der Waals surface area contributed by atoms with Gasteiger partial charge in [-0.25, -0.2) is 4.79 Å². The van der Waals surface area contributed by atoms with Crippen molar-refractivity contribution in [1.82, 2.24) is 14.7 Å². The van der Waals surface area contributed by atoms with Crippen molar-refractivity contribution >= 4 is 11.9 Å².